The van der Waals surface area contributed by atoms with E-state index in [4.69, 9.17) is 63.1 Å². The predicted octanol–water partition coefficient (Wildman–Crippen LogP) is 4.33. The van der Waals surface area contributed by atoms with E-state index in [1.165, 1.54) is 0 Å². The fraction of sp³-hybridized carbons (Fsp3) is 1.00. The van der Waals surface area contributed by atoms with Crippen LogP contribution in [0.3, 0.4) is 0 Å². The number of rotatable bonds is 2. The zero-order valence-corrected chi connectivity index (χ0v) is 18.8. The molecule has 0 radical (unpaired) electrons. The van der Waals surface area contributed by atoms with E-state index in [2.05, 4.69) is 71.3 Å². The molecule has 0 nitrogen and oxygen atoms in total. The molecule has 0 aromatic carbocycles. The molecule has 0 N–H and O–H groups in total. The van der Waals surface area contributed by atoms with Crippen LogP contribution in [-0.2, 0) is 0 Å². The Balaban J connectivity index is 3.75. The minimum absolute atomic E-state index is 0.299. The topological polar surface area (TPSA) is 0 Å². The molecule has 1 rings (SSSR count). The molecule has 0 unspecified atom stereocenters. The molecule has 1 saturated carbocycles. The summed E-state index contributed by atoms with van der Waals surface area (Å²) < 4.78 is -5.05. The monoisotopic (exact) mass is 428 g/mol. The molecule has 0 amide bonds. The van der Waals surface area contributed by atoms with Crippen molar-refractivity contribution in [1.29, 1.82) is 0 Å². The van der Waals surface area contributed by atoms with E-state index in [0.29, 0.717) is 0 Å². The highest BCUT2D eigenvalue weighted by atomic mass is 32.2. The molecular formula is C10H20S9. The smallest absolute Gasteiger partial charge is 0.106 e. The van der Waals surface area contributed by atoms with Crippen LogP contribution in [0.2, 0.25) is 0 Å². The third-order valence-electron chi connectivity index (χ3n) is 4.33. The van der Waals surface area contributed by atoms with Crippen molar-refractivity contribution in [1.82, 2.24) is 0 Å². The molecule has 114 valence electrons. The van der Waals surface area contributed by atoms with Crippen LogP contribution >= 0.6 is 114 Å². The van der Waals surface area contributed by atoms with Crippen LogP contribution in [0.25, 0.3) is 0 Å². The predicted molar refractivity (Wildman–Crippen MR) is 119 cm³/mol. The third-order valence-corrected chi connectivity index (χ3v) is 13.8. The fourth-order valence-corrected chi connectivity index (χ4v) is 8.23. The Bertz CT molecular complexity index is 356. The Kier molecular flexibility index (Phi) is 5.66. The lowest BCUT2D eigenvalue weighted by atomic mass is 9.73. The minimum atomic E-state index is -1.07. The van der Waals surface area contributed by atoms with Crippen molar-refractivity contribution in [3.8, 4) is 0 Å². The van der Waals surface area contributed by atoms with Crippen molar-refractivity contribution >= 4 is 114 Å². The lowest BCUT2D eigenvalue weighted by Crippen LogP contribution is -2.60. The van der Waals surface area contributed by atoms with Crippen molar-refractivity contribution in [2.75, 3.05) is 0 Å². The molecule has 0 aromatic heterocycles. The first kappa shape index (κ1) is 20.2. The summed E-state index contributed by atoms with van der Waals surface area (Å²) in [4.78, 5) is 0. The normalized spacial score (nSPS) is 30.3. The van der Waals surface area contributed by atoms with Crippen LogP contribution in [0.1, 0.15) is 27.2 Å². The van der Waals surface area contributed by atoms with Crippen LogP contribution in [0, 0.1) is 5.41 Å². The standard InChI is InChI=1S/C10H20S9/c1-4-5(2,3)6(11)7(12,13)9(16,17)10(18,19)8(6,14)15/h11-19H,4H2,1-3H3. The van der Waals surface area contributed by atoms with Crippen molar-refractivity contribution in [3.05, 3.63) is 0 Å². The van der Waals surface area contributed by atoms with E-state index in [-0.39, 0.29) is 5.41 Å². The second-order valence-electron chi connectivity index (χ2n) is 5.64. The summed E-state index contributed by atoms with van der Waals surface area (Å²) in [6.07, 6.45) is 0.831. The molecule has 1 aliphatic rings. The van der Waals surface area contributed by atoms with Gasteiger partial charge < -0.3 is 0 Å². The number of hydrogen-bond donors (Lipinski definition) is 9. The summed E-state index contributed by atoms with van der Waals surface area (Å²) in [6, 6.07) is 0. The first-order valence-electron chi connectivity index (χ1n) is 5.57. The second-order valence-corrected chi connectivity index (χ2v) is 13.1. The van der Waals surface area contributed by atoms with Gasteiger partial charge in [-0.25, -0.2) is 0 Å². The minimum Gasteiger partial charge on any atom is -0.167 e. The third kappa shape index (κ3) is 2.14. The molecule has 0 aliphatic heterocycles. The highest BCUT2D eigenvalue weighted by Gasteiger charge is 2.83. The molecule has 0 aromatic rings. The van der Waals surface area contributed by atoms with Gasteiger partial charge in [-0.05, 0) is 11.8 Å². The lowest BCUT2D eigenvalue weighted by Gasteiger charge is -2.54. The van der Waals surface area contributed by atoms with Crippen LogP contribution in [0.15, 0.2) is 0 Å². The summed E-state index contributed by atoms with van der Waals surface area (Å²) in [5.74, 6) is 0. The summed E-state index contributed by atoms with van der Waals surface area (Å²) in [6.45, 7) is 6.22. The zero-order chi connectivity index (χ0) is 15.7. The molecular weight excluding hydrogens is 409 g/mol. The molecule has 19 heavy (non-hydrogen) atoms. The van der Waals surface area contributed by atoms with E-state index in [0.717, 1.165) is 6.42 Å². The summed E-state index contributed by atoms with van der Waals surface area (Å²) in [5, 5.41) is 0. The SMILES string of the molecule is CCC(C)(C)C1(S)C(S)(S)C(S)(S)C(S)(S)C1(S)S. The maximum Gasteiger partial charge on any atom is 0.106 e. The molecule has 1 fully saturated rings. The molecule has 0 saturated heterocycles. The van der Waals surface area contributed by atoms with Crippen LogP contribution in [-0.4, -0.2) is 21.1 Å². The fourth-order valence-electron chi connectivity index (χ4n) is 2.43. The largest absolute Gasteiger partial charge is 0.167 e. The van der Waals surface area contributed by atoms with Crippen LogP contribution in [0.5, 0.6) is 0 Å². The van der Waals surface area contributed by atoms with E-state index in [1.807, 2.05) is 0 Å². The first-order chi connectivity index (χ1) is 8.06. The van der Waals surface area contributed by atoms with Gasteiger partial charge >= 0.3 is 0 Å². The van der Waals surface area contributed by atoms with Gasteiger partial charge in [-0.2, -0.15) is 114 Å². The molecule has 0 heterocycles. The van der Waals surface area contributed by atoms with Crippen LogP contribution in [0.4, 0.5) is 0 Å². The summed E-state index contributed by atoms with van der Waals surface area (Å²) in [5.41, 5.74) is -0.299. The van der Waals surface area contributed by atoms with Gasteiger partial charge in [-0.15, -0.1) is 0 Å². The van der Waals surface area contributed by atoms with Gasteiger partial charge in [0.25, 0.3) is 0 Å². The Hall–Kier alpha value is 3.15. The first-order valence-corrected chi connectivity index (χ1v) is 9.60. The lowest BCUT2D eigenvalue weighted by molar-refractivity contribution is 0.240. The highest BCUT2D eigenvalue weighted by molar-refractivity contribution is 8.16. The average Bonchev–Trinajstić information content (AvgIpc) is 2.30. The van der Waals surface area contributed by atoms with Gasteiger partial charge in [-0.3, -0.25) is 0 Å². The van der Waals surface area contributed by atoms with Crippen molar-refractivity contribution in [3.63, 3.8) is 0 Å². The maximum absolute atomic E-state index is 4.93. The second kappa shape index (κ2) is 5.33. The number of hydrogen-bond acceptors (Lipinski definition) is 9. The Morgan fingerprint density at radius 3 is 1.11 bits per heavy atom. The maximum atomic E-state index is 4.93. The van der Waals surface area contributed by atoms with Gasteiger partial charge in [0.2, 0.25) is 0 Å². The van der Waals surface area contributed by atoms with Gasteiger partial charge in [0.05, 0.1) is 12.9 Å². The molecule has 0 bridgehead atoms. The van der Waals surface area contributed by atoms with Crippen molar-refractivity contribution < 1.29 is 0 Å². The molecule has 0 spiro atoms. The van der Waals surface area contributed by atoms with Gasteiger partial charge in [-0.1, -0.05) is 20.8 Å². The molecule has 1 aliphatic carbocycles. The van der Waals surface area contributed by atoms with E-state index >= 15 is 0 Å². The molecule has 0 atom stereocenters. The zero-order valence-electron chi connectivity index (χ0n) is 10.7. The van der Waals surface area contributed by atoms with E-state index in [1.54, 1.807) is 0 Å². The molecule has 9 heteroatoms. The van der Waals surface area contributed by atoms with E-state index in [9.17, 15) is 0 Å². The quantitative estimate of drug-likeness (QED) is 0.227. The van der Waals surface area contributed by atoms with Crippen LogP contribution < -0.4 is 0 Å². The van der Waals surface area contributed by atoms with Gasteiger partial charge in [0, 0.05) is 0 Å². The average molecular weight is 429 g/mol. The Morgan fingerprint density at radius 1 is 0.632 bits per heavy atom. The summed E-state index contributed by atoms with van der Waals surface area (Å²) in [7, 11) is 0. The highest BCUT2D eigenvalue weighted by Crippen LogP contribution is 2.78. The number of thiol groups is 9. The van der Waals surface area contributed by atoms with Crippen molar-refractivity contribution in [2.24, 2.45) is 5.41 Å². The van der Waals surface area contributed by atoms with E-state index < -0.39 is 21.1 Å². The van der Waals surface area contributed by atoms with Crippen molar-refractivity contribution in [2.45, 2.75) is 48.3 Å². The Labute approximate surface area is 165 Å². The van der Waals surface area contributed by atoms with Gasteiger partial charge in [0.1, 0.15) is 8.16 Å². The van der Waals surface area contributed by atoms with Gasteiger partial charge in [0.15, 0.2) is 0 Å². The summed E-state index contributed by atoms with van der Waals surface area (Å²) >= 11 is 42.3. The Morgan fingerprint density at radius 2 is 0.895 bits per heavy atom.